The number of carboxylic acid groups (broad SMARTS) is 1. The van der Waals surface area contributed by atoms with Crippen molar-refractivity contribution < 1.29 is 24.2 Å². The molecule has 3 heterocycles. The van der Waals surface area contributed by atoms with Crippen LogP contribution in [0.4, 0.5) is 5.82 Å². The highest BCUT2D eigenvalue weighted by molar-refractivity contribution is 6.33. The van der Waals surface area contributed by atoms with Gasteiger partial charge in [0, 0.05) is 48.6 Å². The predicted octanol–water partition coefficient (Wildman–Crippen LogP) is 6.20. The summed E-state index contributed by atoms with van der Waals surface area (Å²) in [6.07, 6.45) is 6.97. The molecule has 2 fully saturated rings. The third-order valence-electron chi connectivity index (χ3n) is 8.35. The summed E-state index contributed by atoms with van der Waals surface area (Å²) < 4.78 is 12.4. The average molecular weight is 581 g/mol. The Morgan fingerprint density at radius 3 is 2.44 bits per heavy atom. The molecule has 2 aromatic heterocycles. The van der Waals surface area contributed by atoms with E-state index in [4.69, 9.17) is 26.2 Å². The van der Waals surface area contributed by atoms with Crippen LogP contribution in [0.3, 0.4) is 0 Å². The number of carboxylic acids is 1. The Morgan fingerprint density at radius 1 is 1.12 bits per heavy atom. The SMILES string of the molecule is CCc1c(C(=O)O)c(N(C(=O)C2CCC(C)CC2)C2CCOCC2)nn1-c1ccc(-c2ccc(OC)nc2)c(Cl)c1. The van der Waals surface area contributed by atoms with Crippen LogP contribution in [0.5, 0.6) is 5.88 Å². The van der Waals surface area contributed by atoms with E-state index in [9.17, 15) is 14.7 Å². The lowest BCUT2D eigenvalue weighted by molar-refractivity contribution is -0.124. The Kier molecular flexibility index (Phi) is 8.94. The first-order valence-corrected chi connectivity index (χ1v) is 14.8. The number of methoxy groups -OCH3 is 1. The standard InChI is InChI=1S/C31H37ClN4O5/c1-4-26-28(31(38)39)29(35(22-13-15-41-16-14-22)30(37)20-7-5-19(2)6-8-20)34-36(26)23-10-11-24(25(32)17-23)21-9-12-27(40-3)33-18-21/h9-12,17-20,22H,4-8,13-16H2,1-3H3,(H,38,39). The van der Waals surface area contributed by atoms with Gasteiger partial charge in [0.2, 0.25) is 11.8 Å². The minimum atomic E-state index is -1.10. The summed E-state index contributed by atoms with van der Waals surface area (Å²) >= 11 is 6.75. The Balaban J connectivity index is 1.58. The number of hydrogen-bond acceptors (Lipinski definition) is 6. The van der Waals surface area contributed by atoms with Crippen molar-refractivity contribution in [2.45, 2.75) is 64.8 Å². The molecule has 1 N–H and O–H groups in total. The molecule has 10 heteroatoms. The Labute approximate surface area is 245 Å². The molecule has 1 aliphatic carbocycles. The lowest BCUT2D eigenvalue weighted by Gasteiger charge is -2.37. The summed E-state index contributed by atoms with van der Waals surface area (Å²) in [5.74, 6) is 0.0432. The fraction of sp³-hybridized carbons (Fsp3) is 0.484. The van der Waals surface area contributed by atoms with Gasteiger partial charge in [0.15, 0.2) is 5.82 Å². The number of rotatable bonds is 8. The van der Waals surface area contributed by atoms with Crippen molar-refractivity contribution in [2.24, 2.45) is 11.8 Å². The van der Waals surface area contributed by atoms with Gasteiger partial charge in [-0.05, 0) is 69.1 Å². The van der Waals surface area contributed by atoms with E-state index in [1.54, 1.807) is 35.0 Å². The number of carbonyl (C=O) groups excluding carboxylic acids is 1. The van der Waals surface area contributed by atoms with Crippen molar-refractivity contribution in [3.63, 3.8) is 0 Å². The second-order valence-corrected chi connectivity index (χ2v) is 11.4. The van der Waals surface area contributed by atoms with Crippen LogP contribution >= 0.6 is 11.6 Å². The van der Waals surface area contributed by atoms with Gasteiger partial charge in [-0.2, -0.15) is 0 Å². The summed E-state index contributed by atoms with van der Waals surface area (Å²) in [5.41, 5.74) is 2.81. The minimum absolute atomic E-state index is 0.0287. The van der Waals surface area contributed by atoms with E-state index >= 15 is 0 Å². The zero-order valence-electron chi connectivity index (χ0n) is 23.8. The van der Waals surface area contributed by atoms with Crippen LogP contribution in [0.1, 0.15) is 68.4 Å². The molecule has 218 valence electrons. The fourth-order valence-electron chi connectivity index (χ4n) is 6.00. The zero-order valence-corrected chi connectivity index (χ0v) is 24.6. The monoisotopic (exact) mass is 580 g/mol. The average Bonchev–Trinajstić information content (AvgIpc) is 3.38. The number of hydrogen-bond donors (Lipinski definition) is 1. The van der Waals surface area contributed by atoms with Crippen molar-refractivity contribution in [3.05, 3.63) is 52.8 Å². The molecule has 9 nitrogen and oxygen atoms in total. The molecule has 0 spiro atoms. The van der Waals surface area contributed by atoms with E-state index in [1.807, 2.05) is 25.1 Å². The number of amides is 1. The summed E-state index contributed by atoms with van der Waals surface area (Å²) in [7, 11) is 1.56. The highest BCUT2D eigenvalue weighted by Gasteiger charge is 2.38. The van der Waals surface area contributed by atoms with Crippen LogP contribution in [0, 0.1) is 11.8 Å². The van der Waals surface area contributed by atoms with Gasteiger partial charge in [0.1, 0.15) is 5.56 Å². The Morgan fingerprint density at radius 2 is 1.85 bits per heavy atom. The van der Waals surface area contributed by atoms with Gasteiger partial charge >= 0.3 is 5.97 Å². The number of nitrogens with zero attached hydrogens (tertiary/aromatic N) is 4. The Hall–Kier alpha value is -3.43. The van der Waals surface area contributed by atoms with Crippen molar-refractivity contribution in [1.29, 1.82) is 0 Å². The van der Waals surface area contributed by atoms with E-state index in [2.05, 4.69) is 11.9 Å². The molecule has 1 aromatic carbocycles. The summed E-state index contributed by atoms with van der Waals surface area (Å²) in [5, 5.41) is 15.8. The first kappa shape index (κ1) is 29.1. The third-order valence-corrected chi connectivity index (χ3v) is 8.66. The van der Waals surface area contributed by atoms with Gasteiger partial charge in [-0.3, -0.25) is 9.69 Å². The molecular weight excluding hydrogens is 544 g/mol. The van der Waals surface area contributed by atoms with E-state index in [1.165, 1.54) is 0 Å². The number of carbonyl (C=O) groups is 2. The largest absolute Gasteiger partial charge is 0.481 e. The van der Waals surface area contributed by atoms with Gasteiger partial charge < -0.3 is 14.6 Å². The first-order valence-electron chi connectivity index (χ1n) is 14.4. The fourth-order valence-corrected chi connectivity index (χ4v) is 6.29. The molecule has 1 amide bonds. The Bertz CT molecular complexity index is 1390. The molecule has 0 atom stereocenters. The molecule has 1 aliphatic heterocycles. The maximum Gasteiger partial charge on any atom is 0.341 e. The first-order chi connectivity index (χ1) is 19.8. The number of pyridine rings is 1. The number of benzene rings is 1. The summed E-state index contributed by atoms with van der Waals surface area (Å²) in [4.78, 5) is 32.9. The van der Waals surface area contributed by atoms with E-state index in [-0.39, 0.29) is 29.2 Å². The highest BCUT2D eigenvalue weighted by Crippen LogP contribution is 2.37. The number of anilines is 1. The molecule has 0 unspecified atom stereocenters. The summed E-state index contributed by atoms with van der Waals surface area (Å²) in [6.45, 7) is 5.16. The molecule has 1 saturated heterocycles. The van der Waals surface area contributed by atoms with E-state index < -0.39 is 5.97 Å². The predicted molar refractivity (Wildman–Crippen MR) is 157 cm³/mol. The van der Waals surface area contributed by atoms with Crippen LogP contribution in [-0.2, 0) is 16.0 Å². The van der Waals surface area contributed by atoms with Gasteiger partial charge in [-0.25, -0.2) is 14.5 Å². The molecule has 0 bridgehead atoms. The van der Waals surface area contributed by atoms with Gasteiger partial charge in [0.25, 0.3) is 0 Å². The quantitative estimate of drug-likeness (QED) is 0.338. The molecule has 0 radical (unpaired) electrons. The maximum atomic E-state index is 14.1. The molecule has 3 aromatic rings. The van der Waals surface area contributed by atoms with Crippen molar-refractivity contribution in [3.8, 4) is 22.7 Å². The third kappa shape index (κ3) is 5.97. The highest BCUT2D eigenvalue weighted by atomic mass is 35.5. The molecular formula is C31H37ClN4O5. The summed E-state index contributed by atoms with van der Waals surface area (Å²) in [6, 6.07) is 8.97. The number of halogens is 1. The number of ether oxygens (including phenoxy) is 2. The molecule has 5 rings (SSSR count). The van der Waals surface area contributed by atoms with Gasteiger partial charge in [-0.1, -0.05) is 31.5 Å². The zero-order chi connectivity index (χ0) is 29.1. The minimum Gasteiger partial charge on any atom is -0.481 e. The van der Waals surface area contributed by atoms with Gasteiger partial charge in [-0.15, -0.1) is 5.10 Å². The topological polar surface area (TPSA) is 107 Å². The second-order valence-electron chi connectivity index (χ2n) is 11.0. The second kappa shape index (κ2) is 12.6. The van der Waals surface area contributed by atoms with Crippen LogP contribution < -0.4 is 9.64 Å². The van der Waals surface area contributed by atoms with E-state index in [0.717, 1.165) is 36.8 Å². The van der Waals surface area contributed by atoms with Crippen molar-refractivity contribution in [2.75, 3.05) is 25.2 Å². The van der Waals surface area contributed by atoms with Gasteiger partial charge in [0.05, 0.1) is 23.5 Å². The van der Waals surface area contributed by atoms with Crippen LogP contribution in [0.2, 0.25) is 5.02 Å². The molecule has 1 saturated carbocycles. The maximum absolute atomic E-state index is 14.1. The number of aromatic carboxylic acids is 1. The smallest absolute Gasteiger partial charge is 0.341 e. The van der Waals surface area contributed by atoms with Crippen LogP contribution in [-0.4, -0.2) is 58.1 Å². The van der Waals surface area contributed by atoms with E-state index in [0.29, 0.717) is 60.7 Å². The van der Waals surface area contributed by atoms with Crippen LogP contribution in [0.25, 0.3) is 16.8 Å². The lowest BCUT2D eigenvalue weighted by Crippen LogP contribution is -2.47. The molecule has 2 aliphatic rings. The van der Waals surface area contributed by atoms with Crippen molar-refractivity contribution >= 4 is 29.3 Å². The van der Waals surface area contributed by atoms with Crippen molar-refractivity contribution in [1.82, 2.24) is 14.8 Å². The lowest BCUT2D eigenvalue weighted by atomic mass is 9.82. The normalized spacial score (nSPS) is 19.6. The molecule has 41 heavy (non-hydrogen) atoms. The van der Waals surface area contributed by atoms with Crippen LogP contribution in [0.15, 0.2) is 36.5 Å². The number of aromatic nitrogens is 3.